The molecule has 0 aliphatic rings. The standard InChI is InChI=1S/C12H12BrN3O/c1-7-3-4-9(8(2)5-7)16-11-10(13)12(17)15-6-14-11/h3-6H,1-2H3,(H2,14,15,16,17). The number of nitrogens with zero attached hydrogens (tertiary/aromatic N) is 1. The molecular weight excluding hydrogens is 282 g/mol. The molecule has 0 fully saturated rings. The van der Waals surface area contributed by atoms with Crippen LogP contribution in [0.1, 0.15) is 11.1 Å². The fraction of sp³-hybridized carbons (Fsp3) is 0.167. The molecule has 0 bridgehead atoms. The van der Waals surface area contributed by atoms with E-state index in [1.165, 1.54) is 11.9 Å². The van der Waals surface area contributed by atoms with Gasteiger partial charge in [-0.3, -0.25) is 4.79 Å². The third-order valence-corrected chi connectivity index (χ3v) is 3.17. The van der Waals surface area contributed by atoms with E-state index in [9.17, 15) is 4.79 Å². The van der Waals surface area contributed by atoms with Gasteiger partial charge in [-0.15, -0.1) is 0 Å². The fourth-order valence-electron chi connectivity index (χ4n) is 1.55. The van der Waals surface area contributed by atoms with Crippen LogP contribution in [0.3, 0.4) is 0 Å². The van der Waals surface area contributed by atoms with Crippen molar-refractivity contribution in [3.8, 4) is 0 Å². The summed E-state index contributed by atoms with van der Waals surface area (Å²) >= 11 is 3.21. The average Bonchev–Trinajstić information content (AvgIpc) is 2.28. The Morgan fingerprint density at radius 3 is 2.82 bits per heavy atom. The minimum Gasteiger partial charge on any atom is -0.339 e. The molecule has 0 aliphatic carbocycles. The van der Waals surface area contributed by atoms with Crippen LogP contribution in [0.2, 0.25) is 0 Å². The number of hydrogen-bond donors (Lipinski definition) is 2. The van der Waals surface area contributed by atoms with E-state index in [1.54, 1.807) is 0 Å². The third-order valence-electron chi connectivity index (χ3n) is 2.43. The molecule has 4 nitrogen and oxygen atoms in total. The van der Waals surface area contributed by atoms with E-state index in [0.717, 1.165) is 11.3 Å². The number of anilines is 2. The number of aryl methyl sites for hydroxylation is 2. The summed E-state index contributed by atoms with van der Waals surface area (Å²) in [4.78, 5) is 18.0. The molecule has 2 N–H and O–H groups in total. The van der Waals surface area contributed by atoms with Gasteiger partial charge in [0.2, 0.25) is 0 Å². The van der Waals surface area contributed by atoms with Gasteiger partial charge in [0.15, 0.2) is 5.82 Å². The molecule has 0 atom stereocenters. The summed E-state index contributed by atoms with van der Waals surface area (Å²) in [5.74, 6) is 0.515. The second-order valence-electron chi connectivity index (χ2n) is 3.84. The topological polar surface area (TPSA) is 57.8 Å². The third kappa shape index (κ3) is 2.55. The van der Waals surface area contributed by atoms with Crippen molar-refractivity contribution >= 4 is 27.4 Å². The summed E-state index contributed by atoms with van der Waals surface area (Å²) < 4.78 is 0.403. The molecule has 1 aromatic heterocycles. The van der Waals surface area contributed by atoms with Gasteiger partial charge < -0.3 is 10.3 Å². The number of rotatable bonds is 2. The van der Waals surface area contributed by atoms with E-state index >= 15 is 0 Å². The van der Waals surface area contributed by atoms with E-state index in [-0.39, 0.29) is 5.56 Å². The molecule has 0 amide bonds. The first-order valence-electron chi connectivity index (χ1n) is 5.15. The number of aromatic amines is 1. The second kappa shape index (κ2) is 4.71. The van der Waals surface area contributed by atoms with Gasteiger partial charge in [-0.2, -0.15) is 0 Å². The lowest BCUT2D eigenvalue weighted by Gasteiger charge is -2.10. The van der Waals surface area contributed by atoms with Gasteiger partial charge in [-0.1, -0.05) is 17.7 Å². The van der Waals surface area contributed by atoms with Crippen molar-refractivity contribution in [1.29, 1.82) is 0 Å². The monoisotopic (exact) mass is 293 g/mol. The van der Waals surface area contributed by atoms with Crippen molar-refractivity contribution in [2.45, 2.75) is 13.8 Å². The van der Waals surface area contributed by atoms with Gasteiger partial charge in [0.1, 0.15) is 4.47 Å². The molecule has 0 saturated carbocycles. The largest absolute Gasteiger partial charge is 0.339 e. The van der Waals surface area contributed by atoms with E-state index in [2.05, 4.69) is 37.3 Å². The SMILES string of the molecule is Cc1ccc(Nc2nc[nH]c(=O)c2Br)c(C)c1. The molecule has 88 valence electrons. The predicted octanol–water partition coefficient (Wildman–Crippen LogP) is 2.89. The molecule has 0 spiro atoms. The molecule has 1 heterocycles. The highest BCUT2D eigenvalue weighted by atomic mass is 79.9. The number of H-pyrrole nitrogens is 1. The predicted molar refractivity (Wildman–Crippen MR) is 71.8 cm³/mol. The summed E-state index contributed by atoms with van der Waals surface area (Å²) in [6.07, 6.45) is 1.37. The number of nitrogens with one attached hydrogen (secondary N) is 2. The maximum atomic E-state index is 11.4. The number of aromatic nitrogens is 2. The van der Waals surface area contributed by atoms with Crippen LogP contribution in [-0.2, 0) is 0 Å². The lowest BCUT2D eigenvalue weighted by molar-refractivity contribution is 1.10. The van der Waals surface area contributed by atoms with Gasteiger partial charge in [0.25, 0.3) is 5.56 Å². The highest BCUT2D eigenvalue weighted by Crippen LogP contribution is 2.23. The maximum absolute atomic E-state index is 11.4. The van der Waals surface area contributed by atoms with Crippen LogP contribution >= 0.6 is 15.9 Å². The highest BCUT2D eigenvalue weighted by molar-refractivity contribution is 9.10. The first-order chi connectivity index (χ1) is 8.08. The zero-order valence-electron chi connectivity index (χ0n) is 9.54. The van der Waals surface area contributed by atoms with Crippen LogP contribution in [-0.4, -0.2) is 9.97 Å². The summed E-state index contributed by atoms with van der Waals surface area (Å²) in [6.45, 7) is 4.05. The normalized spacial score (nSPS) is 10.3. The zero-order valence-corrected chi connectivity index (χ0v) is 11.1. The summed E-state index contributed by atoms with van der Waals surface area (Å²) in [5.41, 5.74) is 3.05. The maximum Gasteiger partial charge on any atom is 0.267 e. The Balaban J connectivity index is 2.38. The Morgan fingerprint density at radius 1 is 1.35 bits per heavy atom. The number of halogens is 1. The van der Waals surface area contributed by atoms with Crippen molar-refractivity contribution in [3.05, 3.63) is 50.5 Å². The Labute approximate surface area is 107 Å². The fourth-order valence-corrected chi connectivity index (χ4v) is 1.87. The first kappa shape index (κ1) is 11.9. The minimum atomic E-state index is -0.202. The van der Waals surface area contributed by atoms with Crippen LogP contribution < -0.4 is 10.9 Å². The molecular formula is C12H12BrN3O. The van der Waals surface area contributed by atoms with E-state index in [0.29, 0.717) is 10.3 Å². The van der Waals surface area contributed by atoms with Crippen LogP contribution in [0.15, 0.2) is 33.8 Å². The first-order valence-corrected chi connectivity index (χ1v) is 5.94. The summed E-state index contributed by atoms with van der Waals surface area (Å²) in [5, 5.41) is 3.13. The molecule has 0 saturated heterocycles. The second-order valence-corrected chi connectivity index (χ2v) is 4.63. The lowest BCUT2D eigenvalue weighted by atomic mass is 10.1. The van der Waals surface area contributed by atoms with E-state index in [1.807, 2.05) is 26.0 Å². The van der Waals surface area contributed by atoms with Gasteiger partial charge in [0.05, 0.1) is 6.33 Å². The van der Waals surface area contributed by atoms with Gasteiger partial charge in [-0.25, -0.2) is 4.98 Å². The van der Waals surface area contributed by atoms with Crippen molar-refractivity contribution in [1.82, 2.24) is 9.97 Å². The van der Waals surface area contributed by atoms with Crippen LogP contribution in [0, 0.1) is 13.8 Å². The highest BCUT2D eigenvalue weighted by Gasteiger charge is 2.06. The van der Waals surface area contributed by atoms with Gasteiger partial charge >= 0.3 is 0 Å². The molecule has 1 aromatic carbocycles. The van der Waals surface area contributed by atoms with E-state index in [4.69, 9.17) is 0 Å². The minimum absolute atomic E-state index is 0.202. The Kier molecular flexibility index (Phi) is 3.28. The molecule has 5 heteroatoms. The summed E-state index contributed by atoms with van der Waals surface area (Å²) in [6, 6.07) is 6.06. The van der Waals surface area contributed by atoms with E-state index < -0.39 is 0 Å². The summed E-state index contributed by atoms with van der Waals surface area (Å²) in [7, 11) is 0. The van der Waals surface area contributed by atoms with Crippen LogP contribution in [0.5, 0.6) is 0 Å². The van der Waals surface area contributed by atoms with Crippen molar-refractivity contribution < 1.29 is 0 Å². The zero-order chi connectivity index (χ0) is 12.4. The number of hydrogen-bond acceptors (Lipinski definition) is 3. The Morgan fingerprint density at radius 2 is 2.12 bits per heavy atom. The number of benzene rings is 1. The molecule has 2 rings (SSSR count). The van der Waals surface area contributed by atoms with Crippen LogP contribution in [0.25, 0.3) is 0 Å². The molecule has 0 aliphatic heterocycles. The molecule has 0 radical (unpaired) electrons. The molecule has 17 heavy (non-hydrogen) atoms. The van der Waals surface area contributed by atoms with Gasteiger partial charge in [0, 0.05) is 5.69 Å². The van der Waals surface area contributed by atoms with Crippen molar-refractivity contribution in [3.63, 3.8) is 0 Å². The lowest BCUT2D eigenvalue weighted by Crippen LogP contribution is -2.10. The Bertz CT molecular complexity index is 607. The molecule has 2 aromatic rings. The Hall–Kier alpha value is -1.62. The quantitative estimate of drug-likeness (QED) is 0.895. The van der Waals surface area contributed by atoms with Crippen molar-refractivity contribution in [2.24, 2.45) is 0 Å². The van der Waals surface area contributed by atoms with Crippen molar-refractivity contribution in [2.75, 3.05) is 5.32 Å². The molecule has 0 unspecified atom stereocenters. The smallest absolute Gasteiger partial charge is 0.267 e. The van der Waals surface area contributed by atoms with Crippen LogP contribution in [0.4, 0.5) is 11.5 Å². The average molecular weight is 294 g/mol. The van der Waals surface area contributed by atoms with Gasteiger partial charge in [-0.05, 0) is 41.4 Å².